The summed E-state index contributed by atoms with van der Waals surface area (Å²) in [5.74, 6) is 1.16. The molecular weight excluding hydrogens is 534 g/mol. The summed E-state index contributed by atoms with van der Waals surface area (Å²) >= 11 is 3.38. The molecule has 37 heavy (non-hydrogen) atoms. The molecule has 1 heterocycles. The van der Waals surface area contributed by atoms with Crippen LogP contribution in [0.1, 0.15) is 10.4 Å². The van der Waals surface area contributed by atoms with Crippen molar-refractivity contribution in [3.05, 3.63) is 101 Å². The summed E-state index contributed by atoms with van der Waals surface area (Å²) in [6, 6.07) is 26.8. The molecule has 4 N–H and O–H groups in total. The van der Waals surface area contributed by atoms with E-state index in [9.17, 15) is 9.59 Å². The first-order chi connectivity index (χ1) is 18.0. The fourth-order valence-corrected chi connectivity index (χ4v) is 4.28. The van der Waals surface area contributed by atoms with E-state index in [0.29, 0.717) is 32.8 Å². The van der Waals surface area contributed by atoms with Crippen molar-refractivity contribution in [1.29, 1.82) is 0 Å². The number of H-pyrrole nitrogens is 1. The van der Waals surface area contributed by atoms with E-state index in [0.717, 1.165) is 22.4 Å². The van der Waals surface area contributed by atoms with Crippen molar-refractivity contribution in [3.63, 3.8) is 0 Å². The molecule has 0 saturated carbocycles. The number of benzene rings is 4. The minimum atomic E-state index is -0.378. The Morgan fingerprint density at radius 2 is 1.43 bits per heavy atom. The topological polar surface area (TPSA) is 108 Å². The largest absolute Gasteiger partial charge is 0.496 e. The first-order valence-electron chi connectivity index (χ1n) is 11.4. The zero-order valence-electron chi connectivity index (χ0n) is 19.7. The van der Waals surface area contributed by atoms with Crippen molar-refractivity contribution < 1.29 is 14.3 Å². The second kappa shape index (κ2) is 10.5. The van der Waals surface area contributed by atoms with Crippen molar-refractivity contribution in [2.45, 2.75) is 0 Å². The number of para-hydroxylation sites is 2. The van der Waals surface area contributed by atoms with Gasteiger partial charge in [-0.1, -0.05) is 12.1 Å². The van der Waals surface area contributed by atoms with E-state index in [4.69, 9.17) is 4.74 Å². The maximum absolute atomic E-state index is 12.5. The molecular formula is C28H22BrN5O3. The molecule has 0 bridgehead atoms. The Hall–Kier alpha value is -4.63. The molecule has 5 rings (SSSR count). The monoisotopic (exact) mass is 555 g/mol. The predicted molar refractivity (Wildman–Crippen MR) is 149 cm³/mol. The summed E-state index contributed by atoms with van der Waals surface area (Å²) in [6.07, 6.45) is 0. The summed E-state index contributed by atoms with van der Waals surface area (Å²) in [6.45, 7) is 0. The van der Waals surface area contributed by atoms with Gasteiger partial charge < -0.3 is 25.7 Å². The van der Waals surface area contributed by atoms with Crippen LogP contribution in [-0.4, -0.2) is 29.0 Å². The number of rotatable bonds is 6. The van der Waals surface area contributed by atoms with Crippen LogP contribution >= 0.6 is 15.9 Å². The van der Waals surface area contributed by atoms with E-state index in [1.54, 1.807) is 49.6 Å². The van der Waals surface area contributed by atoms with Crippen LogP contribution in [0.25, 0.3) is 22.4 Å². The minimum Gasteiger partial charge on any atom is -0.496 e. The van der Waals surface area contributed by atoms with E-state index < -0.39 is 0 Å². The second-order valence-electron chi connectivity index (χ2n) is 8.14. The SMILES string of the molecule is COc1ccc(C(=O)Nc2ccc(NC(=O)Nc3ccc(-c4nc5ccccc5[nH]4)cc3)cc2)cc1Br. The number of hydrogen-bond acceptors (Lipinski definition) is 4. The Balaban J connectivity index is 1.16. The van der Waals surface area contributed by atoms with E-state index in [-0.39, 0.29) is 11.9 Å². The van der Waals surface area contributed by atoms with Crippen molar-refractivity contribution >= 4 is 56.0 Å². The van der Waals surface area contributed by atoms with Crippen LogP contribution in [0.5, 0.6) is 5.75 Å². The first-order valence-corrected chi connectivity index (χ1v) is 12.2. The van der Waals surface area contributed by atoms with E-state index in [1.807, 2.05) is 48.5 Å². The van der Waals surface area contributed by atoms with Gasteiger partial charge >= 0.3 is 6.03 Å². The highest BCUT2D eigenvalue weighted by Gasteiger charge is 2.10. The standard InChI is InChI=1S/C28H22BrN5O3/c1-37-25-15-8-18(16-22(25)29)27(35)30-19-11-13-21(14-12-19)32-28(36)31-20-9-6-17(7-10-20)26-33-23-4-2-3-5-24(23)34-26/h2-16H,1H3,(H,30,35)(H,33,34)(H2,31,32,36). The molecule has 0 aliphatic heterocycles. The second-order valence-corrected chi connectivity index (χ2v) is 8.99. The third-order valence-corrected chi connectivity index (χ3v) is 6.24. The lowest BCUT2D eigenvalue weighted by Crippen LogP contribution is -2.19. The molecule has 0 unspecified atom stereocenters. The lowest BCUT2D eigenvalue weighted by molar-refractivity contribution is 0.102. The van der Waals surface area contributed by atoms with Crippen LogP contribution in [0.3, 0.4) is 0 Å². The van der Waals surface area contributed by atoms with E-state index in [2.05, 4.69) is 41.8 Å². The highest BCUT2D eigenvalue weighted by Crippen LogP contribution is 2.26. The molecule has 9 heteroatoms. The normalized spacial score (nSPS) is 10.6. The van der Waals surface area contributed by atoms with Gasteiger partial charge in [-0.2, -0.15) is 0 Å². The van der Waals surface area contributed by atoms with Crippen LogP contribution in [0.4, 0.5) is 21.9 Å². The van der Waals surface area contributed by atoms with Crippen molar-refractivity contribution in [2.24, 2.45) is 0 Å². The van der Waals surface area contributed by atoms with Gasteiger partial charge in [-0.25, -0.2) is 9.78 Å². The van der Waals surface area contributed by atoms with E-state index >= 15 is 0 Å². The average Bonchev–Trinajstić information content (AvgIpc) is 3.34. The number of fused-ring (bicyclic) bond motifs is 1. The summed E-state index contributed by atoms with van der Waals surface area (Å²) in [4.78, 5) is 32.9. The number of carbonyl (C=O) groups excluding carboxylic acids is 2. The molecule has 3 amide bonds. The molecule has 5 aromatic rings. The van der Waals surface area contributed by atoms with Gasteiger partial charge in [0.1, 0.15) is 11.6 Å². The molecule has 0 aliphatic rings. The summed E-state index contributed by atoms with van der Waals surface area (Å²) < 4.78 is 5.88. The Labute approximate surface area is 221 Å². The van der Waals surface area contributed by atoms with Gasteiger partial charge in [-0.05, 0) is 94.8 Å². The van der Waals surface area contributed by atoms with Crippen LogP contribution in [0, 0.1) is 0 Å². The summed E-state index contributed by atoms with van der Waals surface area (Å²) in [5, 5.41) is 8.43. The number of nitrogens with zero attached hydrogens (tertiary/aromatic N) is 1. The van der Waals surface area contributed by atoms with Gasteiger partial charge in [0.05, 0.1) is 22.6 Å². The smallest absolute Gasteiger partial charge is 0.323 e. The molecule has 184 valence electrons. The van der Waals surface area contributed by atoms with Crippen LogP contribution in [0.15, 0.2) is 95.5 Å². The van der Waals surface area contributed by atoms with E-state index in [1.165, 1.54) is 0 Å². The maximum atomic E-state index is 12.5. The lowest BCUT2D eigenvalue weighted by Gasteiger charge is -2.10. The Morgan fingerprint density at radius 3 is 2.05 bits per heavy atom. The Morgan fingerprint density at radius 1 is 0.811 bits per heavy atom. The number of aromatic nitrogens is 2. The summed E-state index contributed by atoms with van der Waals surface area (Å²) in [5.41, 5.74) is 5.11. The molecule has 1 aromatic heterocycles. The van der Waals surface area contributed by atoms with Gasteiger partial charge in [-0.3, -0.25) is 4.79 Å². The van der Waals surface area contributed by atoms with Crippen molar-refractivity contribution in [1.82, 2.24) is 9.97 Å². The van der Waals surface area contributed by atoms with Gasteiger partial charge in [0, 0.05) is 28.2 Å². The van der Waals surface area contributed by atoms with Gasteiger partial charge in [0.15, 0.2) is 0 Å². The number of nitrogens with one attached hydrogen (secondary N) is 4. The first kappa shape index (κ1) is 24.1. The maximum Gasteiger partial charge on any atom is 0.323 e. The van der Waals surface area contributed by atoms with Crippen LogP contribution < -0.4 is 20.7 Å². The van der Waals surface area contributed by atoms with Gasteiger partial charge in [0.25, 0.3) is 5.91 Å². The number of aromatic amines is 1. The lowest BCUT2D eigenvalue weighted by atomic mass is 10.2. The van der Waals surface area contributed by atoms with Crippen molar-refractivity contribution in [3.8, 4) is 17.1 Å². The number of halogens is 1. The third kappa shape index (κ3) is 5.62. The van der Waals surface area contributed by atoms with Gasteiger partial charge in [-0.15, -0.1) is 0 Å². The number of carbonyl (C=O) groups is 2. The molecule has 0 aliphatic carbocycles. The highest BCUT2D eigenvalue weighted by molar-refractivity contribution is 9.10. The fourth-order valence-electron chi connectivity index (χ4n) is 3.74. The quantitative estimate of drug-likeness (QED) is 0.183. The third-order valence-electron chi connectivity index (χ3n) is 5.62. The molecule has 0 radical (unpaired) electrons. The Bertz CT molecular complexity index is 1550. The molecule has 8 nitrogen and oxygen atoms in total. The molecule has 0 saturated heterocycles. The number of hydrogen-bond donors (Lipinski definition) is 4. The molecule has 0 fully saturated rings. The highest BCUT2D eigenvalue weighted by atomic mass is 79.9. The zero-order valence-corrected chi connectivity index (χ0v) is 21.3. The van der Waals surface area contributed by atoms with Crippen LogP contribution in [-0.2, 0) is 0 Å². The molecule has 0 atom stereocenters. The van der Waals surface area contributed by atoms with Crippen molar-refractivity contribution in [2.75, 3.05) is 23.1 Å². The average molecular weight is 556 g/mol. The number of imidazole rings is 1. The number of amides is 3. The number of ether oxygens (including phenoxy) is 1. The number of anilines is 3. The summed E-state index contributed by atoms with van der Waals surface area (Å²) in [7, 11) is 1.56. The predicted octanol–water partition coefficient (Wildman–Crippen LogP) is 6.90. The Kier molecular flexibility index (Phi) is 6.87. The number of urea groups is 1. The fraction of sp³-hybridized carbons (Fsp3) is 0.0357. The minimum absolute atomic E-state index is 0.257. The number of methoxy groups -OCH3 is 1. The molecule has 4 aromatic carbocycles. The van der Waals surface area contributed by atoms with Gasteiger partial charge in [0.2, 0.25) is 0 Å². The van der Waals surface area contributed by atoms with Crippen LogP contribution in [0.2, 0.25) is 0 Å². The zero-order chi connectivity index (χ0) is 25.8. The molecule has 0 spiro atoms.